The minimum Gasteiger partial charge on any atom is -0.369 e. The quantitative estimate of drug-likeness (QED) is 0.900. The topological polar surface area (TPSA) is 21.3 Å². The highest BCUT2D eigenvalue weighted by Crippen LogP contribution is 2.35. The highest BCUT2D eigenvalue weighted by Gasteiger charge is 2.37. The average molecular weight is 273 g/mol. The Kier molecular flexibility index (Phi) is 3.44. The van der Waals surface area contributed by atoms with Crippen LogP contribution in [0.25, 0.3) is 0 Å². The van der Waals surface area contributed by atoms with Gasteiger partial charge in [0.15, 0.2) is 0 Å². The number of morpholine rings is 1. The zero-order chi connectivity index (χ0) is 13.3. The molecule has 0 saturated carbocycles. The molecule has 3 atom stereocenters. The number of thiophene rings is 1. The number of ether oxygens (including phenoxy) is 1. The molecule has 0 bridgehead atoms. The molecule has 3 heteroatoms. The third kappa shape index (κ3) is 2.46. The Bertz CT molecular complexity index is 525. The van der Waals surface area contributed by atoms with E-state index >= 15 is 0 Å². The molecule has 19 heavy (non-hydrogen) atoms. The van der Waals surface area contributed by atoms with Gasteiger partial charge in [0.25, 0.3) is 0 Å². The molecule has 1 fully saturated rings. The van der Waals surface area contributed by atoms with Gasteiger partial charge in [0.1, 0.15) is 6.10 Å². The summed E-state index contributed by atoms with van der Waals surface area (Å²) >= 11 is 1.76. The zero-order valence-electron chi connectivity index (χ0n) is 11.3. The average Bonchev–Trinajstić information content (AvgIpc) is 2.94. The maximum Gasteiger partial charge on any atom is 0.107 e. The van der Waals surface area contributed by atoms with Gasteiger partial charge in [0.2, 0.25) is 0 Å². The summed E-state index contributed by atoms with van der Waals surface area (Å²) < 4.78 is 6.15. The molecule has 2 aromatic rings. The monoisotopic (exact) mass is 273 g/mol. The van der Waals surface area contributed by atoms with Crippen LogP contribution >= 0.6 is 11.3 Å². The first-order valence-electron chi connectivity index (χ1n) is 6.67. The second kappa shape index (κ2) is 5.08. The number of hydrogen-bond acceptors (Lipinski definition) is 3. The van der Waals surface area contributed by atoms with E-state index in [0.717, 1.165) is 0 Å². The van der Waals surface area contributed by atoms with Gasteiger partial charge in [-0.3, -0.25) is 0 Å². The van der Waals surface area contributed by atoms with Crippen LogP contribution in [0.1, 0.15) is 30.4 Å². The Morgan fingerprint density at radius 1 is 1.21 bits per heavy atom. The van der Waals surface area contributed by atoms with E-state index in [0.29, 0.717) is 12.6 Å². The molecule has 2 nitrogen and oxygen atoms in total. The molecule has 1 N–H and O–H groups in total. The summed E-state index contributed by atoms with van der Waals surface area (Å²) in [5, 5.41) is 5.84. The summed E-state index contributed by atoms with van der Waals surface area (Å²) in [6.45, 7) is 5.11. The van der Waals surface area contributed by atoms with Gasteiger partial charge in [-0.15, -0.1) is 11.3 Å². The first-order chi connectivity index (χ1) is 9.19. The van der Waals surface area contributed by atoms with Crippen LogP contribution in [0.3, 0.4) is 0 Å². The van der Waals surface area contributed by atoms with Crippen molar-refractivity contribution in [3.63, 3.8) is 0 Å². The van der Waals surface area contributed by atoms with Crippen molar-refractivity contribution >= 4 is 11.3 Å². The van der Waals surface area contributed by atoms with Crippen LogP contribution in [-0.2, 0) is 10.3 Å². The number of rotatable bonds is 2. The predicted molar refractivity (Wildman–Crippen MR) is 79.4 cm³/mol. The van der Waals surface area contributed by atoms with Crippen molar-refractivity contribution in [3.8, 4) is 0 Å². The fraction of sp³-hybridized carbons (Fsp3) is 0.375. The van der Waals surface area contributed by atoms with E-state index in [1.165, 1.54) is 10.4 Å². The summed E-state index contributed by atoms with van der Waals surface area (Å²) in [4.78, 5) is 1.30. The molecule has 0 radical (unpaired) electrons. The summed E-state index contributed by atoms with van der Waals surface area (Å²) in [5.41, 5.74) is 1.18. The van der Waals surface area contributed by atoms with E-state index in [1.807, 2.05) is 0 Å². The van der Waals surface area contributed by atoms with Gasteiger partial charge in [0.05, 0.1) is 12.1 Å². The van der Waals surface area contributed by atoms with E-state index in [9.17, 15) is 0 Å². The molecule has 1 aliphatic rings. The Labute approximate surface area is 118 Å². The Balaban J connectivity index is 1.80. The Morgan fingerprint density at radius 3 is 2.63 bits per heavy atom. The van der Waals surface area contributed by atoms with E-state index in [4.69, 9.17) is 4.74 Å². The summed E-state index contributed by atoms with van der Waals surface area (Å²) in [6.07, 6.45) is 0.164. The van der Waals surface area contributed by atoms with Crippen LogP contribution in [0.4, 0.5) is 0 Å². The SMILES string of the molecule is CC1NC(C)(c2ccccc2)COC1c1cccs1. The lowest BCUT2D eigenvalue weighted by Gasteiger charge is -2.43. The fourth-order valence-electron chi connectivity index (χ4n) is 2.77. The summed E-state index contributed by atoms with van der Waals surface area (Å²) in [6, 6.07) is 15.1. The summed E-state index contributed by atoms with van der Waals surface area (Å²) in [7, 11) is 0. The van der Waals surface area contributed by atoms with Gasteiger partial charge in [0, 0.05) is 10.9 Å². The number of hydrogen-bond donors (Lipinski definition) is 1. The van der Waals surface area contributed by atoms with Crippen LogP contribution in [-0.4, -0.2) is 12.6 Å². The van der Waals surface area contributed by atoms with Crippen molar-refractivity contribution in [2.75, 3.05) is 6.61 Å². The Hall–Kier alpha value is -1.16. The molecule has 1 aliphatic heterocycles. The van der Waals surface area contributed by atoms with Crippen molar-refractivity contribution in [2.24, 2.45) is 0 Å². The van der Waals surface area contributed by atoms with Gasteiger partial charge >= 0.3 is 0 Å². The lowest BCUT2D eigenvalue weighted by molar-refractivity contribution is -0.0556. The van der Waals surface area contributed by atoms with Crippen molar-refractivity contribution in [2.45, 2.75) is 31.5 Å². The van der Waals surface area contributed by atoms with Crippen molar-refractivity contribution in [1.29, 1.82) is 0 Å². The summed E-state index contributed by atoms with van der Waals surface area (Å²) in [5.74, 6) is 0. The largest absolute Gasteiger partial charge is 0.369 e. The molecule has 3 rings (SSSR count). The smallest absolute Gasteiger partial charge is 0.107 e. The van der Waals surface area contributed by atoms with Crippen LogP contribution in [0.5, 0.6) is 0 Å². The molecule has 0 aliphatic carbocycles. The van der Waals surface area contributed by atoms with E-state index < -0.39 is 0 Å². The van der Waals surface area contributed by atoms with Crippen molar-refractivity contribution in [3.05, 3.63) is 58.3 Å². The molecule has 1 saturated heterocycles. The fourth-order valence-corrected chi connectivity index (χ4v) is 3.65. The predicted octanol–water partition coefficient (Wildman–Crippen LogP) is 3.71. The van der Waals surface area contributed by atoms with Crippen molar-refractivity contribution < 1.29 is 4.74 Å². The molecular weight excluding hydrogens is 254 g/mol. The van der Waals surface area contributed by atoms with Gasteiger partial charge in [-0.2, -0.15) is 0 Å². The maximum atomic E-state index is 6.15. The van der Waals surface area contributed by atoms with Crippen LogP contribution in [0.2, 0.25) is 0 Å². The normalized spacial score (nSPS) is 31.3. The molecule has 0 spiro atoms. The molecule has 0 amide bonds. The Morgan fingerprint density at radius 2 is 2.00 bits per heavy atom. The maximum absolute atomic E-state index is 6.15. The minimum atomic E-state index is -0.103. The highest BCUT2D eigenvalue weighted by atomic mass is 32.1. The third-order valence-corrected chi connectivity index (χ3v) is 4.72. The van der Waals surface area contributed by atoms with Crippen LogP contribution in [0, 0.1) is 0 Å². The van der Waals surface area contributed by atoms with Crippen LogP contribution < -0.4 is 5.32 Å². The first-order valence-corrected chi connectivity index (χ1v) is 7.55. The van der Waals surface area contributed by atoms with Crippen LogP contribution in [0.15, 0.2) is 47.8 Å². The molecular formula is C16H19NOS. The molecule has 100 valence electrons. The second-order valence-corrected chi connectivity index (χ2v) is 6.36. The lowest BCUT2D eigenvalue weighted by atomic mass is 9.89. The van der Waals surface area contributed by atoms with E-state index in [2.05, 4.69) is 67.0 Å². The van der Waals surface area contributed by atoms with Crippen molar-refractivity contribution in [1.82, 2.24) is 5.32 Å². The third-order valence-electron chi connectivity index (χ3n) is 3.79. The first kappa shape index (κ1) is 12.9. The number of benzene rings is 1. The number of nitrogens with one attached hydrogen (secondary N) is 1. The molecule has 1 aromatic carbocycles. The van der Waals surface area contributed by atoms with Gasteiger partial charge in [-0.05, 0) is 30.9 Å². The second-order valence-electron chi connectivity index (χ2n) is 5.38. The zero-order valence-corrected chi connectivity index (χ0v) is 12.1. The lowest BCUT2D eigenvalue weighted by Crippen LogP contribution is -2.55. The highest BCUT2D eigenvalue weighted by molar-refractivity contribution is 7.10. The van der Waals surface area contributed by atoms with E-state index in [-0.39, 0.29) is 11.6 Å². The van der Waals surface area contributed by atoms with E-state index in [1.54, 1.807) is 11.3 Å². The molecule has 1 aromatic heterocycles. The standard InChI is InChI=1S/C16H19NOS/c1-12-15(14-9-6-10-19-14)18-11-16(2,17-12)13-7-4-3-5-8-13/h3-10,12,15,17H,11H2,1-2H3. The minimum absolute atomic E-state index is 0.103. The molecule has 3 unspecified atom stereocenters. The molecule has 2 heterocycles. The van der Waals surface area contributed by atoms with Gasteiger partial charge in [-0.1, -0.05) is 36.4 Å². The van der Waals surface area contributed by atoms with Gasteiger partial charge < -0.3 is 10.1 Å². The van der Waals surface area contributed by atoms with Gasteiger partial charge in [-0.25, -0.2) is 0 Å².